The number of halogens is 1. The van der Waals surface area contributed by atoms with Crippen molar-refractivity contribution in [2.75, 3.05) is 20.1 Å². The summed E-state index contributed by atoms with van der Waals surface area (Å²) in [4.78, 5) is 13.2. The molecule has 112 valence electrons. The zero-order valence-electron chi connectivity index (χ0n) is 10.6. The molecule has 7 nitrogen and oxygen atoms in total. The quantitative estimate of drug-likeness (QED) is 0.521. The minimum atomic E-state index is -2.47. The van der Waals surface area contributed by atoms with Crippen LogP contribution in [0.2, 0.25) is 5.02 Å². The molecule has 1 unspecified atom stereocenters. The number of aliphatic hydroxyl groups is 1. The number of carbonyl (C=O) groups is 1. The highest BCUT2D eigenvalue weighted by Gasteiger charge is 2.29. The number of β-amino-alcohol motifs (C(OH)–C–C–N with tert-alkyl or cyclic N) is 1. The summed E-state index contributed by atoms with van der Waals surface area (Å²) in [7, 11) is 1.43. The van der Waals surface area contributed by atoms with E-state index in [0.717, 1.165) is 0 Å². The first-order chi connectivity index (χ1) is 9.40. The molecular formula is C11H14ClN2O5S-. The summed E-state index contributed by atoms with van der Waals surface area (Å²) in [5.41, 5.74) is 2.00. The smallest absolute Gasteiger partial charge is 0.254 e. The zero-order valence-corrected chi connectivity index (χ0v) is 12.1. The van der Waals surface area contributed by atoms with E-state index < -0.39 is 17.2 Å². The molecule has 1 aromatic carbocycles. The van der Waals surface area contributed by atoms with Gasteiger partial charge in [-0.3, -0.25) is 9.00 Å². The molecule has 0 aromatic heterocycles. The van der Waals surface area contributed by atoms with Crippen molar-refractivity contribution in [1.82, 2.24) is 10.4 Å². The van der Waals surface area contributed by atoms with Crippen LogP contribution in [0.25, 0.3) is 0 Å². The molecule has 1 fully saturated rings. The SMILES string of the molecule is CNO.O=C(c1ccc(Cl)c(S(=O)[O-])c1)N1CC(O)C1. The number of aliphatic hydroxyl groups excluding tert-OH is 1. The standard InChI is InChI=1S/C10H10ClNO4S.CH5NO/c11-8-2-1-6(3-9(8)17(15)16)10(14)12-4-7(13)5-12;1-2-3/h1-3,7,13H,4-5H2,(H,15,16);2-3H,1H3/p-1. The molecule has 1 saturated heterocycles. The normalized spacial score (nSPS) is 15.9. The number of benzene rings is 1. The van der Waals surface area contributed by atoms with Crippen LogP contribution in [0, 0.1) is 0 Å². The Labute approximate surface area is 123 Å². The zero-order chi connectivity index (χ0) is 15.3. The highest BCUT2D eigenvalue weighted by atomic mass is 35.5. The maximum Gasteiger partial charge on any atom is 0.254 e. The molecule has 20 heavy (non-hydrogen) atoms. The van der Waals surface area contributed by atoms with Gasteiger partial charge in [0.1, 0.15) is 0 Å². The Hall–Kier alpha value is -1.03. The topological polar surface area (TPSA) is 113 Å². The Morgan fingerprint density at radius 3 is 2.55 bits per heavy atom. The second-order valence-electron chi connectivity index (χ2n) is 3.97. The van der Waals surface area contributed by atoms with Gasteiger partial charge in [-0.1, -0.05) is 11.6 Å². The van der Waals surface area contributed by atoms with Gasteiger partial charge in [0, 0.05) is 30.6 Å². The molecule has 0 spiro atoms. The molecule has 2 rings (SSSR count). The highest BCUT2D eigenvalue weighted by molar-refractivity contribution is 7.79. The van der Waals surface area contributed by atoms with Crippen LogP contribution in [0.3, 0.4) is 0 Å². The molecule has 1 aliphatic heterocycles. The molecule has 1 aliphatic rings. The van der Waals surface area contributed by atoms with Gasteiger partial charge < -0.3 is 19.8 Å². The van der Waals surface area contributed by atoms with Crippen molar-refractivity contribution < 1.29 is 23.9 Å². The van der Waals surface area contributed by atoms with E-state index in [1.807, 2.05) is 0 Å². The van der Waals surface area contributed by atoms with Crippen LogP contribution < -0.4 is 5.48 Å². The molecule has 1 aromatic rings. The van der Waals surface area contributed by atoms with Crippen LogP contribution >= 0.6 is 11.6 Å². The van der Waals surface area contributed by atoms with E-state index in [4.69, 9.17) is 21.9 Å². The van der Waals surface area contributed by atoms with Gasteiger partial charge in [0.05, 0.1) is 11.1 Å². The van der Waals surface area contributed by atoms with E-state index in [9.17, 15) is 13.6 Å². The van der Waals surface area contributed by atoms with Crippen molar-refractivity contribution in [1.29, 1.82) is 0 Å². The van der Waals surface area contributed by atoms with Crippen LogP contribution in [-0.2, 0) is 11.1 Å². The van der Waals surface area contributed by atoms with Crippen LogP contribution in [0.5, 0.6) is 0 Å². The summed E-state index contributed by atoms with van der Waals surface area (Å²) in [6.07, 6.45) is -0.487. The van der Waals surface area contributed by atoms with Crippen molar-refractivity contribution in [3.8, 4) is 0 Å². The van der Waals surface area contributed by atoms with Crippen LogP contribution in [0.15, 0.2) is 23.1 Å². The number of likely N-dealkylation sites (tertiary alicyclic amines) is 1. The fourth-order valence-corrected chi connectivity index (χ4v) is 2.32. The lowest BCUT2D eigenvalue weighted by Crippen LogP contribution is -2.53. The van der Waals surface area contributed by atoms with E-state index in [1.165, 1.54) is 30.1 Å². The predicted molar refractivity (Wildman–Crippen MR) is 71.4 cm³/mol. The number of hydrogen-bond donors (Lipinski definition) is 3. The third-order valence-corrected chi connectivity index (χ3v) is 3.65. The Morgan fingerprint density at radius 2 is 2.10 bits per heavy atom. The summed E-state index contributed by atoms with van der Waals surface area (Å²) < 4.78 is 21.7. The summed E-state index contributed by atoms with van der Waals surface area (Å²) in [5, 5.41) is 16.5. The predicted octanol–water partition coefficient (Wildman–Crippen LogP) is -0.0103. The molecule has 0 radical (unpaired) electrons. The fraction of sp³-hybridized carbons (Fsp3) is 0.364. The molecule has 0 saturated carbocycles. The minimum absolute atomic E-state index is 0.0820. The van der Waals surface area contributed by atoms with E-state index in [1.54, 1.807) is 5.48 Å². The number of amides is 1. The average Bonchev–Trinajstić information content (AvgIpc) is 2.35. The van der Waals surface area contributed by atoms with Gasteiger partial charge in [-0.2, -0.15) is 0 Å². The molecule has 0 bridgehead atoms. The van der Waals surface area contributed by atoms with Crippen LogP contribution in [0.1, 0.15) is 10.4 Å². The largest absolute Gasteiger partial charge is 0.768 e. The lowest BCUT2D eigenvalue weighted by molar-refractivity contribution is 0.00588. The summed E-state index contributed by atoms with van der Waals surface area (Å²) >= 11 is 3.21. The van der Waals surface area contributed by atoms with Gasteiger partial charge in [0.15, 0.2) is 0 Å². The van der Waals surface area contributed by atoms with Gasteiger partial charge in [-0.25, -0.2) is 5.48 Å². The highest BCUT2D eigenvalue weighted by Crippen LogP contribution is 2.22. The lowest BCUT2D eigenvalue weighted by Gasteiger charge is -2.36. The van der Waals surface area contributed by atoms with Gasteiger partial charge in [-0.15, -0.1) is 0 Å². The Balaban J connectivity index is 0.000000612. The monoisotopic (exact) mass is 321 g/mol. The lowest BCUT2D eigenvalue weighted by atomic mass is 10.1. The Kier molecular flexibility index (Phi) is 6.53. The Morgan fingerprint density at radius 1 is 1.55 bits per heavy atom. The molecule has 1 atom stereocenters. The van der Waals surface area contributed by atoms with Crippen LogP contribution in [-0.4, -0.2) is 56.1 Å². The number of rotatable bonds is 2. The number of hydroxylamine groups is 1. The second-order valence-corrected chi connectivity index (χ2v) is 5.28. The molecule has 1 amide bonds. The molecule has 3 N–H and O–H groups in total. The molecule has 0 aliphatic carbocycles. The van der Waals surface area contributed by atoms with Gasteiger partial charge in [-0.05, 0) is 29.3 Å². The van der Waals surface area contributed by atoms with Gasteiger partial charge >= 0.3 is 0 Å². The third-order valence-electron chi connectivity index (χ3n) is 2.51. The van der Waals surface area contributed by atoms with Crippen molar-refractivity contribution >= 4 is 28.6 Å². The van der Waals surface area contributed by atoms with Gasteiger partial charge in [0.2, 0.25) is 0 Å². The minimum Gasteiger partial charge on any atom is -0.768 e. The first kappa shape index (κ1) is 17.0. The Bertz CT molecular complexity index is 508. The summed E-state index contributed by atoms with van der Waals surface area (Å²) in [6.45, 7) is 0.550. The van der Waals surface area contributed by atoms with Crippen molar-refractivity contribution in [2.45, 2.75) is 11.0 Å². The second kappa shape index (κ2) is 7.67. The number of hydrogen-bond acceptors (Lipinski definition) is 6. The molecule has 9 heteroatoms. The first-order valence-electron chi connectivity index (χ1n) is 5.57. The summed E-state index contributed by atoms with van der Waals surface area (Å²) in [6, 6.07) is 4.07. The van der Waals surface area contributed by atoms with Crippen LogP contribution in [0.4, 0.5) is 0 Å². The number of carbonyl (C=O) groups excluding carboxylic acids is 1. The van der Waals surface area contributed by atoms with Crippen molar-refractivity contribution in [2.24, 2.45) is 0 Å². The van der Waals surface area contributed by atoms with E-state index in [0.29, 0.717) is 0 Å². The number of nitrogens with zero attached hydrogens (tertiary/aromatic N) is 1. The first-order valence-corrected chi connectivity index (χ1v) is 7.03. The van der Waals surface area contributed by atoms with Crippen molar-refractivity contribution in [3.05, 3.63) is 28.8 Å². The molecular weight excluding hydrogens is 308 g/mol. The van der Waals surface area contributed by atoms with E-state index in [-0.39, 0.29) is 34.5 Å². The van der Waals surface area contributed by atoms with Crippen molar-refractivity contribution in [3.63, 3.8) is 0 Å². The van der Waals surface area contributed by atoms with E-state index >= 15 is 0 Å². The third kappa shape index (κ3) is 4.23. The number of nitrogens with one attached hydrogen (secondary N) is 1. The molecule has 1 heterocycles. The van der Waals surface area contributed by atoms with Gasteiger partial charge in [0.25, 0.3) is 5.91 Å². The van der Waals surface area contributed by atoms with E-state index in [2.05, 4.69) is 0 Å². The maximum absolute atomic E-state index is 11.8. The summed E-state index contributed by atoms with van der Waals surface area (Å²) in [5.74, 6) is -0.307. The average molecular weight is 322 g/mol. The maximum atomic E-state index is 11.8. The fourth-order valence-electron chi connectivity index (χ4n) is 1.57.